The molecule has 0 fully saturated rings. The summed E-state index contributed by atoms with van der Waals surface area (Å²) >= 11 is 0. The van der Waals surface area contributed by atoms with Crippen LogP contribution in [0.25, 0.3) is 0 Å². The van der Waals surface area contributed by atoms with Crippen LogP contribution >= 0.6 is 0 Å². The van der Waals surface area contributed by atoms with Gasteiger partial charge >= 0.3 is 0 Å². The standard InChI is InChI=1S/C17H16N4O/c1-12-16(19-14-9-7-13(11-18)8-10-14)17(22)21(20-12)15-5-3-2-4-6-15/h2-3,7-10,15H,4-6H2,1H3. The molecule has 0 saturated heterocycles. The van der Waals surface area contributed by atoms with Crippen molar-refractivity contribution in [2.75, 3.05) is 0 Å². The lowest BCUT2D eigenvalue weighted by molar-refractivity contribution is -0.125. The lowest BCUT2D eigenvalue weighted by Gasteiger charge is -2.24. The number of rotatable bonds is 2. The van der Waals surface area contributed by atoms with E-state index in [1.807, 2.05) is 0 Å². The minimum atomic E-state index is -0.137. The van der Waals surface area contributed by atoms with E-state index in [4.69, 9.17) is 5.26 Å². The summed E-state index contributed by atoms with van der Waals surface area (Å²) in [5.74, 6) is -0.137. The molecule has 0 aromatic heterocycles. The Kier molecular flexibility index (Phi) is 3.84. The topological polar surface area (TPSA) is 68.8 Å². The van der Waals surface area contributed by atoms with E-state index in [1.165, 1.54) is 0 Å². The van der Waals surface area contributed by atoms with Crippen molar-refractivity contribution in [1.82, 2.24) is 5.01 Å². The molecular formula is C17H16N4O. The van der Waals surface area contributed by atoms with Crippen molar-refractivity contribution in [1.29, 1.82) is 5.26 Å². The van der Waals surface area contributed by atoms with Crippen molar-refractivity contribution < 1.29 is 4.79 Å². The van der Waals surface area contributed by atoms with Gasteiger partial charge in [-0.1, -0.05) is 12.2 Å². The molecule has 2 aliphatic rings. The molecule has 1 heterocycles. The van der Waals surface area contributed by atoms with Gasteiger partial charge in [-0.3, -0.25) is 4.79 Å². The Morgan fingerprint density at radius 1 is 1.32 bits per heavy atom. The summed E-state index contributed by atoms with van der Waals surface area (Å²) in [6, 6.07) is 9.04. The highest BCUT2D eigenvalue weighted by molar-refractivity contribution is 6.68. The number of nitrogens with zero attached hydrogens (tertiary/aromatic N) is 4. The van der Waals surface area contributed by atoms with Gasteiger partial charge in [0.1, 0.15) is 0 Å². The van der Waals surface area contributed by atoms with Crippen molar-refractivity contribution >= 4 is 23.0 Å². The van der Waals surface area contributed by atoms with E-state index in [2.05, 4.69) is 28.3 Å². The SMILES string of the molecule is CC1=NN(C2CC=CCC2)C(=O)C1=Nc1ccc(C#N)cc1. The first kappa shape index (κ1) is 14.2. The van der Waals surface area contributed by atoms with Gasteiger partial charge in [0.15, 0.2) is 5.71 Å². The van der Waals surface area contributed by atoms with Crippen LogP contribution in [-0.2, 0) is 4.79 Å². The number of benzene rings is 1. The molecule has 0 radical (unpaired) electrons. The lowest BCUT2D eigenvalue weighted by Crippen LogP contribution is -2.36. The van der Waals surface area contributed by atoms with Crippen LogP contribution in [-0.4, -0.2) is 28.4 Å². The van der Waals surface area contributed by atoms with Crippen molar-refractivity contribution in [2.24, 2.45) is 10.1 Å². The maximum atomic E-state index is 12.5. The third-order valence-corrected chi connectivity index (χ3v) is 3.84. The highest BCUT2D eigenvalue weighted by Crippen LogP contribution is 2.23. The largest absolute Gasteiger partial charge is 0.294 e. The first-order chi connectivity index (χ1) is 10.7. The fourth-order valence-corrected chi connectivity index (χ4v) is 2.63. The molecule has 0 bridgehead atoms. The number of allylic oxidation sites excluding steroid dienone is 1. The minimum Gasteiger partial charge on any atom is -0.265 e. The Bertz CT molecular complexity index is 722. The molecular weight excluding hydrogens is 276 g/mol. The molecule has 0 spiro atoms. The maximum absolute atomic E-state index is 12.5. The summed E-state index contributed by atoms with van der Waals surface area (Å²) in [6.07, 6.45) is 6.99. The van der Waals surface area contributed by atoms with Crippen molar-refractivity contribution in [3.63, 3.8) is 0 Å². The second-order valence-electron chi connectivity index (χ2n) is 5.39. The van der Waals surface area contributed by atoms with Crippen molar-refractivity contribution in [2.45, 2.75) is 32.2 Å². The van der Waals surface area contributed by atoms with E-state index in [1.54, 1.807) is 36.2 Å². The molecule has 1 aromatic rings. The normalized spacial score (nSPS) is 22.8. The van der Waals surface area contributed by atoms with E-state index < -0.39 is 0 Å². The summed E-state index contributed by atoms with van der Waals surface area (Å²) in [7, 11) is 0. The van der Waals surface area contributed by atoms with Crippen LogP contribution in [0.2, 0.25) is 0 Å². The number of hydrazone groups is 1. The highest BCUT2D eigenvalue weighted by Gasteiger charge is 2.34. The lowest BCUT2D eigenvalue weighted by atomic mass is 10.0. The number of aliphatic imine (C=N–C) groups is 1. The number of carbonyl (C=O) groups is 1. The molecule has 1 aliphatic heterocycles. The van der Waals surface area contributed by atoms with Crippen molar-refractivity contribution in [3.05, 3.63) is 42.0 Å². The van der Waals surface area contributed by atoms with Gasteiger partial charge in [0.25, 0.3) is 5.91 Å². The molecule has 5 nitrogen and oxygen atoms in total. The summed E-state index contributed by atoms with van der Waals surface area (Å²) in [4.78, 5) is 17.0. The molecule has 1 aromatic carbocycles. The third-order valence-electron chi connectivity index (χ3n) is 3.84. The smallest absolute Gasteiger partial charge is 0.265 e. The summed E-state index contributed by atoms with van der Waals surface area (Å²) < 4.78 is 0. The Morgan fingerprint density at radius 2 is 2.09 bits per heavy atom. The van der Waals surface area contributed by atoms with Crippen LogP contribution in [0.3, 0.4) is 0 Å². The van der Waals surface area contributed by atoms with Gasteiger partial charge in [-0.15, -0.1) is 0 Å². The van der Waals surface area contributed by atoms with Gasteiger partial charge in [0.05, 0.1) is 29.1 Å². The highest BCUT2D eigenvalue weighted by atomic mass is 16.2. The van der Waals surface area contributed by atoms with Gasteiger partial charge < -0.3 is 0 Å². The second kappa shape index (κ2) is 5.94. The van der Waals surface area contributed by atoms with Crippen LogP contribution in [0, 0.1) is 11.3 Å². The molecule has 22 heavy (non-hydrogen) atoms. The van der Waals surface area contributed by atoms with Crippen LogP contribution in [0.4, 0.5) is 5.69 Å². The number of amides is 1. The first-order valence-corrected chi connectivity index (χ1v) is 7.32. The molecule has 3 rings (SSSR count). The minimum absolute atomic E-state index is 0.126. The van der Waals surface area contributed by atoms with Gasteiger partial charge in [0.2, 0.25) is 0 Å². The fourth-order valence-electron chi connectivity index (χ4n) is 2.63. The zero-order valence-corrected chi connectivity index (χ0v) is 12.4. The number of hydrogen-bond donors (Lipinski definition) is 0. The van der Waals surface area contributed by atoms with Crippen LogP contribution in [0.5, 0.6) is 0 Å². The van der Waals surface area contributed by atoms with Gasteiger partial charge in [-0.05, 0) is 50.5 Å². The van der Waals surface area contributed by atoms with Gasteiger partial charge in [-0.2, -0.15) is 10.4 Å². The molecule has 1 aliphatic carbocycles. The molecule has 1 atom stereocenters. The molecule has 0 N–H and O–H groups in total. The van der Waals surface area contributed by atoms with E-state index >= 15 is 0 Å². The predicted molar refractivity (Wildman–Crippen MR) is 85.0 cm³/mol. The number of hydrogen-bond acceptors (Lipinski definition) is 4. The Labute approximate surface area is 129 Å². The number of carbonyl (C=O) groups excluding carboxylic acids is 1. The van der Waals surface area contributed by atoms with Crippen molar-refractivity contribution in [3.8, 4) is 6.07 Å². The Hall–Kier alpha value is -2.74. The van der Waals surface area contributed by atoms with E-state index in [0.29, 0.717) is 22.7 Å². The average Bonchev–Trinajstić information content (AvgIpc) is 2.84. The van der Waals surface area contributed by atoms with E-state index in [9.17, 15) is 4.79 Å². The maximum Gasteiger partial charge on any atom is 0.294 e. The predicted octanol–water partition coefficient (Wildman–Crippen LogP) is 2.96. The number of nitriles is 1. The fraction of sp³-hybridized carbons (Fsp3) is 0.294. The van der Waals surface area contributed by atoms with Gasteiger partial charge in [-0.25, -0.2) is 10.0 Å². The van der Waals surface area contributed by atoms with Crippen LogP contribution < -0.4 is 0 Å². The zero-order valence-electron chi connectivity index (χ0n) is 12.4. The quantitative estimate of drug-likeness (QED) is 0.786. The van der Waals surface area contributed by atoms with E-state index in [0.717, 1.165) is 19.3 Å². The van der Waals surface area contributed by atoms with Crippen LogP contribution in [0.15, 0.2) is 46.5 Å². The summed E-state index contributed by atoms with van der Waals surface area (Å²) in [5.41, 5.74) is 2.26. The van der Waals surface area contributed by atoms with Gasteiger partial charge in [0, 0.05) is 0 Å². The zero-order chi connectivity index (χ0) is 15.5. The third kappa shape index (κ3) is 2.68. The van der Waals surface area contributed by atoms with E-state index in [-0.39, 0.29) is 11.9 Å². The van der Waals surface area contributed by atoms with Crippen LogP contribution in [0.1, 0.15) is 31.7 Å². The summed E-state index contributed by atoms with van der Waals surface area (Å²) in [6.45, 7) is 1.80. The Morgan fingerprint density at radius 3 is 2.73 bits per heavy atom. The molecule has 1 amide bonds. The Balaban J connectivity index is 1.84. The summed E-state index contributed by atoms with van der Waals surface area (Å²) in [5, 5.41) is 14.8. The average molecular weight is 292 g/mol. The monoisotopic (exact) mass is 292 g/mol. The molecule has 0 saturated carbocycles. The first-order valence-electron chi connectivity index (χ1n) is 7.32. The molecule has 1 unspecified atom stereocenters. The molecule has 110 valence electrons. The second-order valence-corrected chi connectivity index (χ2v) is 5.39. The molecule has 5 heteroatoms.